The molecule has 1 aromatic rings. The lowest BCUT2D eigenvalue weighted by Crippen LogP contribution is -2.44. The van der Waals surface area contributed by atoms with Crippen LogP contribution >= 0.6 is 0 Å². The first-order valence-electron chi connectivity index (χ1n) is 7.06. The Balaban J connectivity index is 1.80. The molecule has 2 N–H and O–H groups in total. The molecule has 0 atom stereocenters. The van der Waals surface area contributed by atoms with Crippen molar-refractivity contribution in [2.75, 3.05) is 44.6 Å². The number of rotatable bonds is 6. The van der Waals surface area contributed by atoms with Crippen LogP contribution in [0.3, 0.4) is 0 Å². The van der Waals surface area contributed by atoms with Crippen molar-refractivity contribution in [1.29, 1.82) is 5.26 Å². The molecule has 1 fully saturated rings. The average Bonchev–Trinajstić information content (AvgIpc) is 2.52. The van der Waals surface area contributed by atoms with E-state index >= 15 is 0 Å². The maximum atomic E-state index is 10.8. The van der Waals surface area contributed by atoms with E-state index in [4.69, 9.17) is 5.26 Å². The Hall–Kier alpha value is -2.17. The minimum absolute atomic E-state index is 0.0899. The second-order valence-electron chi connectivity index (χ2n) is 4.97. The molecule has 0 bridgehead atoms. The lowest BCUT2D eigenvalue weighted by Gasteiger charge is -2.27. The Morgan fingerprint density at radius 2 is 2.19 bits per heavy atom. The van der Waals surface area contributed by atoms with E-state index < -0.39 is 4.92 Å². The predicted molar refractivity (Wildman–Crippen MR) is 80.2 cm³/mol. The topological polar surface area (TPSA) is 94.2 Å². The zero-order valence-electron chi connectivity index (χ0n) is 11.8. The highest BCUT2D eigenvalue weighted by Crippen LogP contribution is 2.21. The SMILES string of the molecule is N#Cc1cc(NCCCN2CCNCC2)ccc1[N+](=O)[O-]. The minimum atomic E-state index is -0.535. The van der Waals surface area contributed by atoms with Crippen LogP contribution < -0.4 is 10.6 Å². The number of anilines is 1. The smallest absolute Gasteiger partial charge is 0.287 e. The summed E-state index contributed by atoms with van der Waals surface area (Å²) in [6.45, 7) is 6.06. The molecular formula is C14H19N5O2. The summed E-state index contributed by atoms with van der Waals surface area (Å²) in [6.07, 6.45) is 0.999. The summed E-state index contributed by atoms with van der Waals surface area (Å²) in [5.41, 5.74) is 0.688. The van der Waals surface area contributed by atoms with Gasteiger partial charge in [0, 0.05) is 44.5 Å². The van der Waals surface area contributed by atoms with E-state index in [2.05, 4.69) is 15.5 Å². The van der Waals surface area contributed by atoms with Crippen LogP contribution in [-0.2, 0) is 0 Å². The van der Waals surface area contributed by atoms with Crippen molar-refractivity contribution < 1.29 is 4.92 Å². The Morgan fingerprint density at radius 3 is 2.86 bits per heavy atom. The molecular weight excluding hydrogens is 270 g/mol. The molecule has 112 valence electrons. The van der Waals surface area contributed by atoms with Crippen molar-refractivity contribution in [3.8, 4) is 6.07 Å². The highest BCUT2D eigenvalue weighted by atomic mass is 16.6. The van der Waals surface area contributed by atoms with Crippen LogP contribution in [0.15, 0.2) is 18.2 Å². The number of piperazine rings is 1. The van der Waals surface area contributed by atoms with Gasteiger partial charge in [-0.1, -0.05) is 0 Å². The van der Waals surface area contributed by atoms with Gasteiger partial charge in [-0.05, 0) is 25.1 Å². The van der Waals surface area contributed by atoms with E-state index in [9.17, 15) is 10.1 Å². The number of hydrogen-bond donors (Lipinski definition) is 2. The number of nitrogens with one attached hydrogen (secondary N) is 2. The van der Waals surface area contributed by atoms with E-state index in [0.717, 1.165) is 51.4 Å². The van der Waals surface area contributed by atoms with Gasteiger partial charge in [0.15, 0.2) is 0 Å². The molecule has 0 aromatic heterocycles. The molecule has 0 spiro atoms. The van der Waals surface area contributed by atoms with Crippen molar-refractivity contribution in [2.24, 2.45) is 0 Å². The van der Waals surface area contributed by atoms with Crippen LogP contribution in [0.5, 0.6) is 0 Å². The van der Waals surface area contributed by atoms with Gasteiger partial charge in [0.1, 0.15) is 11.6 Å². The molecule has 0 amide bonds. The number of nitro benzene ring substituents is 1. The van der Waals surface area contributed by atoms with Gasteiger partial charge in [0.05, 0.1) is 4.92 Å². The van der Waals surface area contributed by atoms with Crippen LogP contribution in [0, 0.1) is 21.4 Å². The Labute approximate surface area is 123 Å². The number of hydrogen-bond acceptors (Lipinski definition) is 6. The molecule has 0 radical (unpaired) electrons. The van der Waals surface area contributed by atoms with Gasteiger partial charge >= 0.3 is 0 Å². The summed E-state index contributed by atoms with van der Waals surface area (Å²) < 4.78 is 0. The highest BCUT2D eigenvalue weighted by Gasteiger charge is 2.13. The van der Waals surface area contributed by atoms with Crippen LogP contribution in [0.25, 0.3) is 0 Å². The quantitative estimate of drug-likeness (QED) is 0.464. The first kappa shape index (κ1) is 15.2. The molecule has 1 aliphatic heterocycles. The van der Waals surface area contributed by atoms with E-state index in [1.54, 1.807) is 6.07 Å². The zero-order chi connectivity index (χ0) is 15.1. The molecule has 0 saturated carbocycles. The molecule has 1 heterocycles. The standard InChI is InChI=1S/C14H19N5O2/c15-11-12-10-13(2-3-14(12)19(20)21)17-4-1-7-18-8-5-16-6-9-18/h2-3,10,16-17H,1,4-9H2. The van der Waals surface area contributed by atoms with E-state index in [1.807, 2.05) is 6.07 Å². The molecule has 0 unspecified atom stereocenters. The van der Waals surface area contributed by atoms with Crippen LogP contribution in [0.1, 0.15) is 12.0 Å². The monoisotopic (exact) mass is 289 g/mol. The first-order chi connectivity index (χ1) is 10.2. The lowest BCUT2D eigenvalue weighted by molar-refractivity contribution is -0.385. The Bertz CT molecular complexity index is 535. The van der Waals surface area contributed by atoms with Crippen LogP contribution in [-0.4, -0.2) is 49.1 Å². The van der Waals surface area contributed by atoms with Crippen molar-refractivity contribution in [3.05, 3.63) is 33.9 Å². The lowest BCUT2D eigenvalue weighted by atomic mass is 10.1. The summed E-state index contributed by atoms with van der Waals surface area (Å²) in [5, 5.41) is 26.2. The minimum Gasteiger partial charge on any atom is -0.385 e. The third-order valence-corrected chi connectivity index (χ3v) is 3.50. The van der Waals surface area contributed by atoms with Gasteiger partial charge < -0.3 is 15.5 Å². The maximum Gasteiger partial charge on any atom is 0.287 e. The molecule has 1 aromatic carbocycles. The second-order valence-corrected chi connectivity index (χ2v) is 4.97. The van der Waals surface area contributed by atoms with Gasteiger partial charge in [-0.25, -0.2) is 0 Å². The molecule has 2 rings (SSSR count). The van der Waals surface area contributed by atoms with Gasteiger partial charge in [0.25, 0.3) is 5.69 Å². The average molecular weight is 289 g/mol. The summed E-state index contributed by atoms with van der Waals surface area (Å²) >= 11 is 0. The number of nitrogens with zero attached hydrogens (tertiary/aromatic N) is 3. The molecule has 7 heteroatoms. The van der Waals surface area contributed by atoms with Crippen molar-refractivity contribution in [1.82, 2.24) is 10.2 Å². The normalized spacial score (nSPS) is 15.4. The predicted octanol–water partition coefficient (Wildman–Crippen LogP) is 1.17. The van der Waals surface area contributed by atoms with Crippen molar-refractivity contribution in [2.45, 2.75) is 6.42 Å². The van der Waals surface area contributed by atoms with Gasteiger partial charge in [0.2, 0.25) is 0 Å². The third-order valence-electron chi connectivity index (χ3n) is 3.50. The molecule has 1 saturated heterocycles. The summed E-state index contributed by atoms with van der Waals surface area (Å²) in [5.74, 6) is 0. The zero-order valence-corrected chi connectivity index (χ0v) is 11.8. The molecule has 1 aliphatic rings. The van der Waals surface area contributed by atoms with Crippen molar-refractivity contribution >= 4 is 11.4 Å². The van der Waals surface area contributed by atoms with Gasteiger partial charge in [-0.2, -0.15) is 5.26 Å². The fourth-order valence-corrected chi connectivity index (χ4v) is 2.36. The van der Waals surface area contributed by atoms with Gasteiger partial charge in [-0.3, -0.25) is 10.1 Å². The summed E-state index contributed by atoms with van der Waals surface area (Å²) in [7, 11) is 0. The number of nitro groups is 1. The Kier molecular flexibility index (Phi) is 5.49. The number of nitriles is 1. The maximum absolute atomic E-state index is 10.8. The summed E-state index contributed by atoms with van der Waals surface area (Å²) in [6, 6.07) is 6.41. The van der Waals surface area contributed by atoms with Crippen molar-refractivity contribution in [3.63, 3.8) is 0 Å². The second kappa shape index (κ2) is 7.57. The molecule has 0 aliphatic carbocycles. The molecule has 21 heavy (non-hydrogen) atoms. The van der Waals surface area contributed by atoms with Crippen LogP contribution in [0.4, 0.5) is 11.4 Å². The van der Waals surface area contributed by atoms with Gasteiger partial charge in [-0.15, -0.1) is 0 Å². The largest absolute Gasteiger partial charge is 0.385 e. The van der Waals surface area contributed by atoms with E-state index in [-0.39, 0.29) is 11.3 Å². The fraction of sp³-hybridized carbons (Fsp3) is 0.500. The highest BCUT2D eigenvalue weighted by molar-refractivity contribution is 5.58. The Morgan fingerprint density at radius 1 is 1.43 bits per heavy atom. The van der Waals surface area contributed by atoms with E-state index in [0.29, 0.717) is 0 Å². The summed E-state index contributed by atoms with van der Waals surface area (Å²) in [4.78, 5) is 12.6. The first-order valence-corrected chi connectivity index (χ1v) is 7.06. The van der Waals surface area contributed by atoms with Crippen LogP contribution in [0.2, 0.25) is 0 Å². The molecule has 7 nitrogen and oxygen atoms in total. The fourth-order valence-electron chi connectivity index (χ4n) is 2.36. The number of benzene rings is 1. The van der Waals surface area contributed by atoms with E-state index in [1.165, 1.54) is 12.1 Å². The third kappa shape index (κ3) is 4.41.